The molecule has 0 aliphatic carbocycles. The van der Waals surface area contributed by atoms with Gasteiger partial charge in [0.25, 0.3) is 0 Å². The van der Waals surface area contributed by atoms with Crippen LogP contribution < -0.4 is 5.11 Å². The second kappa shape index (κ2) is 10.2. The molecule has 4 rings (SSSR count). The lowest BCUT2D eigenvalue weighted by atomic mass is 9.98. The lowest BCUT2D eigenvalue weighted by Gasteiger charge is -2.19. The van der Waals surface area contributed by atoms with Crippen molar-refractivity contribution in [2.45, 2.75) is 45.9 Å². The summed E-state index contributed by atoms with van der Waals surface area (Å²) in [5.74, 6) is -0.485. The van der Waals surface area contributed by atoms with Crippen LogP contribution in [0, 0.1) is 0 Å². The van der Waals surface area contributed by atoms with Gasteiger partial charge in [0, 0.05) is 18.7 Å². The summed E-state index contributed by atoms with van der Waals surface area (Å²) >= 11 is 0. The molecule has 2 aromatic carbocycles. The van der Waals surface area contributed by atoms with Crippen molar-refractivity contribution in [1.29, 1.82) is 0 Å². The van der Waals surface area contributed by atoms with Gasteiger partial charge in [0.1, 0.15) is 18.0 Å². The number of nitrogens with one attached hydrogen (secondary N) is 1. The maximum Gasteiger partial charge on any atom is 0.205 e. The molecule has 0 saturated heterocycles. The Kier molecular flexibility index (Phi) is 7.04. The quantitative estimate of drug-likeness (QED) is 0.333. The molecule has 10 heteroatoms. The number of rotatable bonds is 10. The summed E-state index contributed by atoms with van der Waals surface area (Å²) in [5, 5.41) is 36.9. The number of nitrogens with zero attached hydrogens (tertiary/aromatic N) is 5. The minimum atomic E-state index is -1.46. The zero-order chi connectivity index (χ0) is 25.0. The molecule has 2 aromatic heterocycles. The number of aliphatic hydroxyl groups is 1. The van der Waals surface area contributed by atoms with Gasteiger partial charge in [-0.3, -0.25) is 0 Å². The molecule has 0 saturated carbocycles. The van der Waals surface area contributed by atoms with Crippen LogP contribution in [0.15, 0.2) is 48.5 Å². The number of aromatic carboxylic acids is 1. The van der Waals surface area contributed by atoms with Crippen molar-refractivity contribution < 1.29 is 19.7 Å². The number of hydrogen-bond acceptors (Lipinski definition) is 8. The zero-order valence-corrected chi connectivity index (χ0v) is 19.9. The number of tetrazole rings is 1. The third-order valence-corrected chi connectivity index (χ3v) is 5.52. The average Bonchev–Trinajstić information content (AvgIpc) is 3.48. The normalized spacial score (nSPS) is 11.7. The second-order valence-corrected chi connectivity index (χ2v) is 8.69. The average molecular weight is 476 g/mol. The van der Waals surface area contributed by atoms with Gasteiger partial charge in [-0.2, -0.15) is 5.21 Å². The monoisotopic (exact) mass is 475 g/mol. The van der Waals surface area contributed by atoms with Gasteiger partial charge < -0.3 is 24.3 Å². The van der Waals surface area contributed by atoms with Gasteiger partial charge in [-0.25, -0.2) is 4.98 Å². The van der Waals surface area contributed by atoms with Crippen LogP contribution in [0.5, 0.6) is 0 Å². The Labute approximate surface area is 202 Å². The number of carbonyl (C=O) groups is 1. The van der Waals surface area contributed by atoms with Crippen LogP contribution in [-0.4, -0.2) is 47.9 Å². The minimum Gasteiger partial charge on any atom is -0.543 e. The van der Waals surface area contributed by atoms with E-state index < -0.39 is 11.6 Å². The van der Waals surface area contributed by atoms with Crippen LogP contribution in [0.2, 0.25) is 0 Å². The number of benzene rings is 2. The van der Waals surface area contributed by atoms with E-state index in [4.69, 9.17) is 4.74 Å². The third kappa shape index (κ3) is 5.28. The maximum atomic E-state index is 12.1. The summed E-state index contributed by atoms with van der Waals surface area (Å²) in [6, 6.07) is 15.5. The smallest absolute Gasteiger partial charge is 0.205 e. The molecule has 182 valence electrons. The first-order chi connectivity index (χ1) is 16.8. The molecule has 0 fully saturated rings. The van der Waals surface area contributed by atoms with Gasteiger partial charge in [0.15, 0.2) is 0 Å². The van der Waals surface area contributed by atoms with E-state index in [0.717, 1.165) is 28.7 Å². The van der Waals surface area contributed by atoms with E-state index in [1.165, 1.54) is 13.8 Å². The molecule has 2 heterocycles. The van der Waals surface area contributed by atoms with Crippen LogP contribution in [0.25, 0.3) is 22.5 Å². The van der Waals surface area contributed by atoms with E-state index in [9.17, 15) is 15.0 Å². The highest BCUT2D eigenvalue weighted by atomic mass is 16.5. The Balaban J connectivity index is 1.68. The molecule has 35 heavy (non-hydrogen) atoms. The number of ether oxygens (including phenoxy) is 1. The number of hydrogen-bond donors (Lipinski definition) is 2. The SMILES string of the molecule is CCCOCc1nc(C(C)(C)O)c(C(=O)[O-])n1Cc1ccc(-c2ccccc2-c2nn[nH]n2)cc1. The van der Waals surface area contributed by atoms with Crippen molar-refractivity contribution >= 4 is 5.97 Å². The molecule has 10 nitrogen and oxygen atoms in total. The lowest BCUT2D eigenvalue weighted by Crippen LogP contribution is -2.31. The predicted octanol–water partition coefficient (Wildman–Crippen LogP) is 2.30. The summed E-state index contributed by atoms with van der Waals surface area (Å²) < 4.78 is 7.18. The van der Waals surface area contributed by atoms with Crippen LogP contribution in [0.4, 0.5) is 0 Å². The second-order valence-electron chi connectivity index (χ2n) is 8.69. The summed E-state index contributed by atoms with van der Waals surface area (Å²) in [6.45, 7) is 5.85. The number of carboxylic acid groups (broad SMARTS) is 1. The van der Waals surface area contributed by atoms with E-state index in [2.05, 4.69) is 25.6 Å². The lowest BCUT2D eigenvalue weighted by molar-refractivity contribution is -0.256. The molecule has 0 spiro atoms. The Morgan fingerprint density at radius 3 is 2.46 bits per heavy atom. The van der Waals surface area contributed by atoms with Crippen molar-refractivity contribution in [3.8, 4) is 22.5 Å². The topological polar surface area (TPSA) is 142 Å². The molecule has 0 aliphatic rings. The van der Waals surface area contributed by atoms with E-state index in [1.807, 2.05) is 55.5 Å². The Bertz CT molecular complexity index is 1290. The third-order valence-electron chi connectivity index (χ3n) is 5.52. The molecule has 0 aliphatic heterocycles. The van der Waals surface area contributed by atoms with Crippen LogP contribution in [0.3, 0.4) is 0 Å². The van der Waals surface area contributed by atoms with E-state index >= 15 is 0 Å². The van der Waals surface area contributed by atoms with Crippen LogP contribution >= 0.6 is 0 Å². The number of H-pyrrole nitrogens is 1. The van der Waals surface area contributed by atoms with Gasteiger partial charge in [-0.15, -0.1) is 10.2 Å². The first kappa shape index (κ1) is 24.2. The fourth-order valence-electron chi connectivity index (χ4n) is 3.90. The Hall–Kier alpha value is -3.89. The van der Waals surface area contributed by atoms with Crippen LogP contribution in [0.1, 0.15) is 54.8 Å². The molecule has 0 bridgehead atoms. The maximum absolute atomic E-state index is 12.1. The predicted molar refractivity (Wildman–Crippen MR) is 126 cm³/mol. The largest absolute Gasteiger partial charge is 0.543 e. The van der Waals surface area contributed by atoms with Gasteiger partial charge in [0.2, 0.25) is 5.82 Å². The summed E-state index contributed by atoms with van der Waals surface area (Å²) in [5.41, 5.74) is 2.03. The summed E-state index contributed by atoms with van der Waals surface area (Å²) in [7, 11) is 0. The molecule has 2 N–H and O–H groups in total. The molecule has 4 aromatic rings. The standard InChI is InChI=1S/C25H28N6O4/c1-4-13-35-15-20-26-22(25(2,3)34)21(24(32)33)31(20)14-16-9-11-17(12-10-16)18-7-5-6-8-19(18)23-27-29-30-28-23/h5-12,34H,4,13-15H2,1-3H3,(H,32,33)(H,27,28,29,30)/p-1. The summed E-state index contributed by atoms with van der Waals surface area (Å²) in [6.07, 6.45) is 0.819. The van der Waals surface area contributed by atoms with Gasteiger partial charge in [-0.1, -0.05) is 55.5 Å². The van der Waals surface area contributed by atoms with Gasteiger partial charge in [-0.05, 0) is 42.2 Å². The molecule has 0 radical (unpaired) electrons. The highest BCUT2D eigenvalue weighted by Crippen LogP contribution is 2.30. The van der Waals surface area contributed by atoms with E-state index in [1.54, 1.807) is 4.57 Å². The number of aromatic amines is 1. The number of carbonyl (C=O) groups excluding carboxylic acids is 1. The van der Waals surface area contributed by atoms with Crippen molar-refractivity contribution in [3.63, 3.8) is 0 Å². The molecular formula is C25H27N6O4-. The Morgan fingerprint density at radius 1 is 1.14 bits per heavy atom. The van der Waals surface area contributed by atoms with E-state index in [-0.39, 0.29) is 24.5 Å². The number of aromatic nitrogens is 6. The first-order valence-corrected chi connectivity index (χ1v) is 11.3. The molecule has 0 atom stereocenters. The fraction of sp³-hybridized carbons (Fsp3) is 0.320. The number of imidazole rings is 1. The Morgan fingerprint density at radius 2 is 1.86 bits per heavy atom. The van der Waals surface area contributed by atoms with Gasteiger partial charge in [0.05, 0.1) is 17.4 Å². The van der Waals surface area contributed by atoms with Gasteiger partial charge >= 0.3 is 0 Å². The minimum absolute atomic E-state index is 0.0539. The highest BCUT2D eigenvalue weighted by Gasteiger charge is 2.28. The van der Waals surface area contributed by atoms with E-state index in [0.29, 0.717) is 18.3 Å². The highest BCUT2D eigenvalue weighted by molar-refractivity contribution is 5.86. The molecular weight excluding hydrogens is 448 g/mol. The van der Waals surface area contributed by atoms with Crippen molar-refractivity contribution in [1.82, 2.24) is 30.2 Å². The van der Waals surface area contributed by atoms with Crippen molar-refractivity contribution in [2.24, 2.45) is 0 Å². The molecule has 0 unspecified atom stereocenters. The number of carboxylic acids is 1. The summed E-state index contributed by atoms with van der Waals surface area (Å²) in [4.78, 5) is 16.5. The van der Waals surface area contributed by atoms with Crippen LogP contribution in [-0.2, 0) is 23.5 Å². The first-order valence-electron chi connectivity index (χ1n) is 11.3. The molecule has 0 amide bonds. The van der Waals surface area contributed by atoms with Crippen molar-refractivity contribution in [3.05, 3.63) is 71.3 Å². The fourth-order valence-corrected chi connectivity index (χ4v) is 3.90. The zero-order valence-electron chi connectivity index (χ0n) is 19.9. The van der Waals surface area contributed by atoms with Crippen molar-refractivity contribution in [2.75, 3.05) is 6.61 Å².